The summed E-state index contributed by atoms with van der Waals surface area (Å²) >= 11 is 0. The van der Waals surface area contributed by atoms with Crippen molar-refractivity contribution in [2.24, 2.45) is 4.99 Å². The number of aliphatic hydroxyl groups excluding tert-OH is 1. The molecule has 2 saturated heterocycles. The lowest BCUT2D eigenvalue weighted by Crippen LogP contribution is -2.56. The summed E-state index contributed by atoms with van der Waals surface area (Å²) in [6, 6.07) is -1.40. The molecule has 27 heavy (non-hydrogen) atoms. The highest BCUT2D eigenvalue weighted by atomic mass is 19.4. The van der Waals surface area contributed by atoms with E-state index < -0.39 is 12.2 Å². The van der Waals surface area contributed by atoms with Crippen molar-refractivity contribution in [3.8, 4) is 0 Å². The molecule has 1 atom stereocenters. The lowest BCUT2D eigenvalue weighted by Gasteiger charge is -2.39. The van der Waals surface area contributed by atoms with Crippen molar-refractivity contribution in [3.63, 3.8) is 0 Å². The van der Waals surface area contributed by atoms with Gasteiger partial charge in [-0.3, -0.25) is 9.89 Å². The molecule has 2 aliphatic rings. The number of nitrogens with zero attached hydrogens (tertiary/aromatic N) is 4. The van der Waals surface area contributed by atoms with Crippen LogP contribution in [0.15, 0.2) is 4.99 Å². The fraction of sp³-hybridized carbons (Fsp3) is 0.944. The molecule has 158 valence electrons. The van der Waals surface area contributed by atoms with Crippen LogP contribution < -0.4 is 5.32 Å². The summed E-state index contributed by atoms with van der Waals surface area (Å²) in [6.07, 6.45) is -1.71. The second kappa shape index (κ2) is 10.5. The van der Waals surface area contributed by atoms with E-state index in [-0.39, 0.29) is 6.10 Å². The average Bonchev–Trinajstić information content (AvgIpc) is 2.64. The lowest BCUT2D eigenvalue weighted by molar-refractivity contribution is -0.181. The Labute approximate surface area is 160 Å². The maximum Gasteiger partial charge on any atom is 0.403 e. The molecular formula is C18H34F3N5O. The Kier molecular flexibility index (Phi) is 8.62. The van der Waals surface area contributed by atoms with Crippen molar-refractivity contribution < 1.29 is 18.3 Å². The van der Waals surface area contributed by atoms with Gasteiger partial charge in [-0.15, -0.1) is 0 Å². The van der Waals surface area contributed by atoms with Crippen molar-refractivity contribution in [1.82, 2.24) is 20.0 Å². The standard InChI is InChI=1S/C18H34F3N5O/c1-3-22-17(23-7-4-8-24-9-5-16(27)6-10-24)26-13-11-25(12-14-26)15(2)18(19,20)21/h15-16,27H,3-14H2,1-2H3,(H,22,23). The molecular weight excluding hydrogens is 359 g/mol. The first kappa shape index (κ1) is 22.2. The van der Waals surface area contributed by atoms with E-state index in [9.17, 15) is 18.3 Å². The van der Waals surface area contributed by atoms with Crippen LogP contribution in [0.3, 0.4) is 0 Å². The van der Waals surface area contributed by atoms with Gasteiger partial charge in [-0.1, -0.05) is 0 Å². The Morgan fingerprint density at radius 1 is 1.15 bits per heavy atom. The Hall–Kier alpha value is -1.06. The minimum Gasteiger partial charge on any atom is -0.393 e. The number of piperidine rings is 1. The third-order valence-electron chi connectivity index (χ3n) is 5.42. The number of likely N-dealkylation sites (tertiary alicyclic amines) is 1. The number of aliphatic hydroxyl groups is 1. The number of hydrogen-bond donors (Lipinski definition) is 2. The lowest BCUT2D eigenvalue weighted by atomic mass is 10.1. The van der Waals surface area contributed by atoms with E-state index in [1.807, 2.05) is 6.92 Å². The number of nitrogens with one attached hydrogen (secondary N) is 1. The highest BCUT2D eigenvalue weighted by Crippen LogP contribution is 2.25. The van der Waals surface area contributed by atoms with Crippen LogP contribution >= 0.6 is 0 Å². The van der Waals surface area contributed by atoms with Crippen LogP contribution in [-0.2, 0) is 0 Å². The Morgan fingerprint density at radius 2 is 1.78 bits per heavy atom. The second-order valence-electron chi connectivity index (χ2n) is 7.40. The van der Waals surface area contributed by atoms with E-state index in [0.717, 1.165) is 51.4 Å². The number of piperazine rings is 1. The largest absolute Gasteiger partial charge is 0.403 e. The van der Waals surface area contributed by atoms with Gasteiger partial charge in [-0.2, -0.15) is 13.2 Å². The molecule has 0 aromatic heterocycles. The topological polar surface area (TPSA) is 54.3 Å². The molecule has 0 aliphatic carbocycles. The molecule has 2 rings (SSSR count). The fourth-order valence-corrected chi connectivity index (χ4v) is 3.58. The van der Waals surface area contributed by atoms with Gasteiger partial charge in [0.1, 0.15) is 6.04 Å². The number of alkyl halides is 3. The van der Waals surface area contributed by atoms with Crippen LogP contribution in [0.2, 0.25) is 0 Å². The van der Waals surface area contributed by atoms with E-state index in [1.54, 1.807) is 0 Å². The summed E-state index contributed by atoms with van der Waals surface area (Å²) in [5, 5.41) is 12.8. The Bertz CT molecular complexity index is 458. The molecule has 0 amide bonds. The van der Waals surface area contributed by atoms with Crippen molar-refractivity contribution in [2.45, 2.75) is 51.4 Å². The zero-order valence-electron chi connectivity index (χ0n) is 16.5. The SMILES string of the molecule is CCNC(=NCCCN1CCC(O)CC1)N1CCN(C(C)C(F)(F)F)CC1. The number of rotatable bonds is 6. The summed E-state index contributed by atoms with van der Waals surface area (Å²) < 4.78 is 38.6. The van der Waals surface area contributed by atoms with Crippen molar-refractivity contribution in [1.29, 1.82) is 0 Å². The third-order valence-corrected chi connectivity index (χ3v) is 5.42. The van der Waals surface area contributed by atoms with Gasteiger partial charge in [0.2, 0.25) is 0 Å². The minimum absolute atomic E-state index is 0.154. The van der Waals surface area contributed by atoms with Crippen LogP contribution in [0, 0.1) is 0 Å². The quantitative estimate of drug-likeness (QED) is 0.406. The van der Waals surface area contributed by atoms with Gasteiger partial charge in [0.05, 0.1) is 6.10 Å². The molecule has 0 spiro atoms. The molecule has 2 heterocycles. The maximum absolute atomic E-state index is 12.9. The molecule has 2 aliphatic heterocycles. The normalized spacial score (nSPS) is 22.9. The van der Waals surface area contributed by atoms with Crippen LogP contribution in [0.25, 0.3) is 0 Å². The van der Waals surface area contributed by atoms with Crippen LogP contribution in [-0.4, -0.2) is 103 Å². The van der Waals surface area contributed by atoms with Crippen molar-refractivity contribution >= 4 is 5.96 Å². The maximum atomic E-state index is 12.9. The molecule has 0 aromatic rings. The summed E-state index contributed by atoms with van der Waals surface area (Å²) in [5.74, 6) is 0.797. The zero-order valence-corrected chi connectivity index (χ0v) is 16.5. The van der Waals surface area contributed by atoms with E-state index >= 15 is 0 Å². The summed E-state index contributed by atoms with van der Waals surface area (Å²) in [4.78, 5) is 10.6. The van der Waals surface area contributed by atoms with Gasteiger partial charge in [0.15, 0.2) is 5.96 Å². The number of hydrogen-bond acceptors (Lipinski definition) is 4. The fourth-order valence-electron chi connectivity index (χ4n) is 3.58. The summed E-state index contributed by atoms with van der Waals surface area (Å²) in [6.45, 7) is 9.38. The van der Waals surface area contributed by atoms with Gasteiger partial charge in [0, 0.05) is 52.4 Å². The molecule has 6 nitrogen and oxygen atoms in total. The predicted molar refractivity (Wildman–Crippen MR) is 101 cm³/mol. The van der Waals surface area contributed by atoms with Gasteiger partial charge >= 0.3 is 6.18 Å². The number of aliphatic imine (C=N–C) groups is 1. The van der Waals surface area contributed by atoms with Gasteiger partial charge in [-0.25, -0.2) is 0 Å². The first-order valence-electron chi connectivity index (χ1n) is 10.1. The molecule has 2 fully saturated rings. The molecule has 9 heteroatoms. The first-order chi connectivity index (χ1) is 12.8. The van der Waals surface area contributed by atoms with E-state index in [2.05, 4.69) is 20.1 Å². The van der Waals surface area contributed by atoms with Crippen molar-refractivity contribution in [3.05, 3.63) is 0 Å². The summed E-state index contributed by atoms with van der Waals surface area (Å²) in [5.41, 5.74) is 0. The number of guanidine groups is 1. The highest BCUT2D eigenvalue weighted by Gasteiger charge is 2.41. The van der Waals surface area contributed by atoms with E-state index in [1.165, 1.54) is 11.8 Å². The molecule has 1 unspecified atom stereocenters. The van der Waals surface area contributed by atoms with Crippen LogP contribution in [0.1, 0.15) is 33.1 Å². The predicted octanol–water partition coefficient (Wildman–Crippen LogP) is 1.37. The molecule has 0 aromatic carbocycles. The monoisotopic (exact) mass is 393 g/mol. The first-order valence-corrected chi connectivity index (χ1v) is 10.1. The van der Waals surface area contributed by atoms with Gasteiger partial charge in [0.25, 0.3) is 0 Å². The van der Waals surface area contributed by atoms with Crippen molar-refractivity contribution in [2.75, 3.05) is 58.9 Å². The second-order valence-corrected chi connectivity index (χ2v) is 7.40. The minimum atomic E-state index is -4.18. The average molecular weight is 393 g/mol. The Morgan fingerprint density at radius 3 is 2.33 bits per heavy atom. The zero-order chi connectivity index (χ0) is 19.9. The molecule has 0 saturated carbocycles. The highest BCUT2D eigenvalue weighted by molar-refractivity contribution is 5.80. The molecule has 2 N–H and O–H groups in total. The third kappa shape index (κ3) is 7.12. The van der Waals surface area contributed by atoms with Crippen LogP contribution in [0.5, 0.6) is 0 Å². The molecule has 0 radical (unpaired) electrons. The smallest absolute Gasteiger partial charge is 0.393 e. The van der Waals surface area contributed by atoms with E-state index in [0.29, 0.717) is 32.7 Å². The Balaban J connectivity index is 1.76. The summed E-state index contributed by atoms with van der Waals surface area (Å²) in [7, 11) is 0. The van der Waals surface area contributed by atoms with Crippen LogP contribution in [0.4, 0.5) is 13.2 Å². The number of halogens is 3. The van der Waals surface area contributed by atoms with Gasteiger partial charge < -0.3 is 20.2 Å². The van der Waals surface area contributed by atoms with E-state index in [4.69, 9.17) is 0 Å². The molecule has 0 bridgehead atoms. The van der Waals surface area contributed by atoms with Gasteiger partial charge in [-0.05, 0) is 39.7 Å².